The van der Waals surface area contributed by atoms with E-state index in [1.54, 1.807) is 0 Å². The summed E-state index contributed by atoms with van der Waals surface area (Å²) in [5.41, 5.74) is 0. The third-order valence-corrected chi connectivity index (χ3v) is 1.28. The van der Waals surface area contributed by atoms with Crippen LogP contribution in [0.5, 0.6) is 0 Å². The van der Waals surface area contributed by atoms with Crippen LogP contribution in [0.15, 0.2) is 0 Å². The summed E-state index contributed by atoms with van der Waals surface area (Å²) in [6, 6.07) is 0. The molecule has 0 rings (SSSR count). The van der Waals surface area contributed by atoms with Crippen molar-refractivity contribution >= 4 is 12.4 Å². The Kier molecular flexibility index (Phi) is 6.22. The normalized spacial score (nSPS) is 12.2. The lowest BCUT2D eigenvalue weighted by Gasteiger charge is -2.06. The van der Waals surface area contributed by atoms with Crippen molar-refractivity contribution in [1.29, 1.82) is 0 Å². The van der Waals surface area contributed by atoms with Crippen molar-refractivity contribution in [3.05, 3.63) is 0 Å². The zero-order valence-electron chi connectivity index (χ0n) is 6.60. The maximum absolute atomic E-state index is 10.5. The lowest BCUT2D eigenvalue weighted by atomic mass is 10.1. The van der Waals surface area contributed by atoms with Gasteiger partial charge >= 0.3 is 12.4 Å². The van der Waals surface area contributed by atoms with Gasteiger partial charge in [0.05, 0.1) is 12.5 Å². The van der Waals surface area contributed by atoms with Crippen molar-refractivity contribution in [2.45, 2.75) is 25.4 Å². The number of esters is 1. The van der Waals surface area contributed by atoms with Crippen LogP contribution in [-0.4, -0.2) is 35.4 Å². The van der Waals surface area contributed by atoms with Crippen molar-refractivity contribution in [2.75, 3.05) is 6.61 Å². The van der Waals surface area contributed by atoms with Crippen LogP contribution in [0.3, 0.4) is 0 Å². The van der Waals surface area contributed by atoms with Gasteiger partial charge < -0.3 is 14.9 Å². The van der Waals surface area contributed by atoms with Crippen molar-refractivity contribution in [1.82, 2.24) is 0 Å². The Morgan fingerprint density at radius 2 is 2.25 bits per heavy atom. The minimum Gasteiger partial charge on any atom is -0.396 e. The minimum absolute atomic E-state index is 0.0280. The van der Waals surface area contributed by atoms with Crippen molar-refractivity contribution in [2.24, 2.45) is 0 Å². The Balaban J connectivity index is 3.46. The van der Waals surface area contributed by atoms with Crippen LogP contribution in [0.25, 0.3) is 0 Å². The summed E-state index contributed by atoms with van der Waals surface area (Å²) < 4.78 is 3.95. The SMILES string of the molecule is O=COC(=O)CC(O)CCCO. The molecule has 0 fully saturated rings. The Labute approximate surface area is 70.0 Å². The molecule has 0 radical (unpaired) electrons. The highest BCUT2D eigenvalue weighted by atomic mass is 16.6. The quantitative estimate of drug-likeness (QED) is 0.315. The van der Waals surface area contributed by atoms with Gasteiger partial charge in [-0.3, -0.25) is 9.59 Å². The van der Waals surface area contributed by atoms with Crippen LogP contribution < -0.4 is 0 Å². The number of aliphatic hydroxyl groups is 2. The topological polar surface area (TPSA) is 83.8 Å². The fourth-order valence-corrected chi connectivity index (χ4v) is 0.723. The van der Waals surface area contributed by atoms with Gasteiger partial charge in [-0.2, -0.15) is 0 Å². The molecule has 0 aliphatic rings. The van der Waals surface area contributed by atoms with Crippen molar-refractivity contribution < 1.29 is 24.5 Å². The summed E-state index contributed by atoms with van der Waals surface area (Å²) in [7, 11) is 0. The Bertz CT molecular complexity index is 145. The number of ether oxygens (including phenoxy) is 1. The van der Waals surface area contributed by atoms with E-state index >= 15 is 0 Å². The first-order valence-electron chi connectivity index (χ1n) is 3.62. The third kappa shape index (κ3) is 5.82. The van der Waals surface area contributed by atoms with Crippen molar-refractivity contribution in [3.8, 4) is 0 Å². The van der Waals surface area contributed by atoms with Crippen LogP contribution in [-0.2, 0) is 14.3 Å². The first-order chi connectivity index (χ1) is 5.70. The Morgan fingerprint density at radius 3 is 2.75 bits per heavy atom. The molecule has 70 valence electrons. The molecule has 0 saturated carbocycles. The monoisotopic (exact) mass is 176 g/mol. The second-order valence-corrected chi connectivity index (χ2v) is 2.31. The maximum Gasteiger partial charge on any atom is 0.315 e. The predicted molar refractivity (Wildman–Crippen MR) is 39.1 cm³/mol. The number of carbonyl (C=O) groups is 2. The molecule has 0 aliphatic carbocycles. The fraction of sp³-hybridized carbons (Fsp3) is 0.714. The van der Waals surface area contributed by atoms with Gasteiger partial charge in [0.25, 0.3) is 0 Å². The summed E-state index contributed by atoms with van der Waals surface area (Å²) in [5.74, 6) is -0.754. The number of hydrogen-bond donors (Lipinski definition) is 2. The van der Waals surface area contributed by atoms with Gasteiger partial charge in [0.2, 0.25) is 0 Å². The van der Waals surface area contributed by atoms with Gasteiger partial charge in [-0.15, -0.1) is 0 Å². The molecule has 2 N–H and O–H groups in total. The molecule has 0 amide bonds. The number of aliphatic hydroxyl groups excluding tert-OH is 2. The molecule has 0 heterocycles. The van der Waals surface area contributed by atoms with E-state index in [9.17, 15) is 9.59 Å². The molecule has 1 unspecified atom stereocenters. The number of hydrogen-bond acceptors (Lipinski definition) is 5. The number of carbonyl (C=O) groups excluding carboxylic acids is 2. The average molecular weight is 176 g/mol. The van der Waals surface area contributed by atoms with Gasteiger partial charge in [-0.25, -0.2) is 0 Å². The molecule has 5 heteroatoms. The first-order valence-corrected chi connectivity index (χ1v) is 3.62. The third-order valence-electron chi connectivity index (χ3n) is 1.28. The Hall–Kier alpha value is -0.940. The van der Waals surface area contributed by atoms with Gasteiger partial charge in [-0.1, -0.05) is 0 Å². The molecule has 1 atom stereocenters. The van der Waals surface area contributed by atoms with Gasteiger partial charge in [0.1, 0.15) is 0 Å². The summed E-state index contributed by atoms with van der Waals surface area (Å²) in [6.45, 7) is 0.000877. The average Bonchev–Trinajstić information content (AvgIpc) is 2.01. The highest BCUT2D eigenvalue weighted by Crippen LogP contribution is 2.01. The molecular weight excluding hydrogens is 164 g/mol. The minimum atomic E-state index is -0.843. The summed E-state index contributed by atoms with van der Waals surface area (Å²) in [4.78, 5) is 20.2. The predicted octanol–water partition coefficient (Wildman–Crippen LogP) is -0.791. The van der Waals surface area contributed by atoms with Crippen LogP contribution in [0, 0.1) is 0 Å². The largest absolute Gasteiger partial charge is 0.396 e. The van der Waals surface area contributed by atoms with E-state index < -0.39 is 12.1 Å². The van der Waals surface area contributed by atoms with E-state index in [2.05, 4.69) is 4.74 Å². The second-order valence-electron chi connectivity index (χ2n) is 2.31. The zero-order chi connectivity index (χ0) is 9.40. The fourth-order valence-electron chi connectivity index (χ4n) is 0.723. The highest BCUT2D eigenvalue weighted by Gasteiger charge is 2.10. The number of rotatable bonds is 6. The van der Waals surface area contributed by atoms with E-state index in [-0.39, 0.29) is 19.5 Å². The summed E-state index contributed by atoms with van der Waals surface area (Å²) >= 11 is 0. The van der Waals surface area contributed by atoms with Gasteiger partial charge in [0.15, 0.2) is 0 Å². The molecule has 0 spiro atoms. The summed E-state index contributed by atoms with van der Waals surface area (Å²) in [6.07, 6.45) is -0.303. The van der Waals surface area contributed by atoms with E-state index in [0.29, 0.717) is 12.8 Å². The lowest BCUT2D eigenvalue weighted by molar-refractivity contribution is -0.152. The molecule has 12 heavy (non-hydrogen) atoms. The molecule has 5 nitrogen and oxygen atoms in total. The van der Waals surface area contributed by atoms with E-state index in [4.69, 9.17) is 10.2 Å². The van der Waals surface area contributed by atoms with E-state index in [1.807, 2.05) is 0 Å². The Morgan fingerprint density at radius 1 is 1.58 bits per heavy atom. The first kappa shape index (κ1) is 11.1. The molecule has 0 saturated heterocycles. The van der Waals surface area contributed by atoms with Crippen LogP contribution in [0.1, 0.15) is 19.3 Å². The molecule has 0 aromatic carbocycles. The van der Waals surface area contributed by atoms with Crippen LogP contribution >= 0.6 is 0 Å². The standard InChI is InChI=1S/C7H12O5/c8-3-1-2-6(10)4-7(11)12-5-9/h5-6,8,10H,1-4H2. The summed E-state index contributed by atoms with van der Waals surface area (Å²) in [5, 5.41) is 17.4. The van der Waals surface area contributed by atoms with Crippen LogP contribution in [0.4, 0.5) is 0 Å². The molecule has 0 aromatic heterocycles. The second kappa shape index (κ2) is 6.75. The van der Waals surface area contributed by atoms with Gasteiger partial charge in [-0.05, 0) is 12.8 Å². The van der Waals surface area contributed by atoms with E-state index in [1.165, 1.54) is 0 Å². The smallest absolute Gasteiger partial charge is 0.315 e. The van der Waals surface area contributed by atoms with Crippen molar-refractivity contribution in [3.63, 3.8) is 0 Å². The molecule has 0 aliphatic heterocycles. The van der Waals surface area contributed by atoms with E-state index in [0.717, 1.165) is 0 Å². The molecule has 0 aromatic rings. The molecular formula is C7H12O5. The maximum atomic E-state index is 10.5. The lowest BCUT2D eigenvalue weighted by Crippen LogP contribution is -2.15. The van der Waals surface area contributed by atoms with Gasteiger partial charge in [0, 0.05) is 6.61 Å². The molecule has 0 bridgehead atoms. The van der Waals surface area contributed by atoms with Crippen LogP contribution in [0.2, 0.25) is 0 Å². The highest BCUT2D eigenvalue weighted by molar-refractivity contribution is 5.76. The zero-order valence-corrected chi connectivity index (χ0v) is 6.60.